The van der Waals surface area contributed by atoms with Gasteiger partial charge in [-0.3, -0.25) is 0 Å². The molecule has 0 N–H and O–H groups in total. The lowest BCUT2D eigenvalue weighted by atomic mass is 9.80. The predicted octanol–water partition coefficient (Wildman–Crippen LogP) is 1.90. The van der Waals surface area contributed by atoms with E-state index in [2.05, 4.69) is 16.9 Å². The summed E-state index contributed by atoms with van der Waals surface area (Å²) in [7, 11) is 0. The van der Waals surface area contributed by atoms with Crippen molar-refractivity contribution in [3.8, 4) is 0 Å². The standard InChI is InChI=1S/C11H13FN2O/c1-6-2-10-8(3-9(6)15-10)7-4-13-11(12)14-5-7/h4-6,8-10H,2-3H2,1H3. The summed E-state index contributed by atoms with van der Waals surface area (Å²) in [5.74, 6) is 1.03. The van der Waals surface area contributed by atoms with Gasteiger partial charge in [-0.05, 0) is 24.3 Å². The summed E-state index contributed by atoms with van der Waals surface area (Å²) >= 11 is 0. The molecule has 2 aliphatic heterocycles. The normalized spacial score (nSPS) is 38.5. The number of ether oxygens (including phenoxy) is 1. The maximum atomic E-state index is 12.6. The van der Waals surface area contributed by atoms with Crippen LogP contribution in [0.4, 0.5) is 4.39 Å². The molecule has 15 heavy (non-hydrogen) atoms. The molecule has 3 heterocycles. The summed E-state index contributed by atoms with van der Waals surface area (Å²) in [6, 6.07) is 0. The summed E-state index contributed by atoms with van der Waals surface area (Å²) < 4.78 is 18.4. The number of hydrogen-bond acceptors (Lipinski definition) is 3. The van der Waals surface area contributed by atoms with Crippen molar-refractivity contribution in [3.63, 3.8) is 0 Å². The number of rotatable bonds is 1. The molecule has 1 aromatic rings. The van der Waals surface area contributed by atoms with Crippen LogP contribution in [0, 0.1) is 12.0 Å². The Morgan fingerprint density at radius 3 is 2.53 bits per heavy atom. The molecule has 0 saturated carbocycles. The molecule has 80 valence electrons. The number of fused-ring (bicyclic) bond motifs is 2. The van der Waals surface area contributed by atoms with E-state index in [0.29, 0.717) is 24.0 Å². The van der Waals surface area contributed by atoms with E-state index in [-0.39, 0.29) is 0 Å². The van der Waals surface area contributed by atoms with Crippen molar-refractivity contribution in [2.45, 2.75) is 37.9 Å². The molecule has 2 saturated heterocycles. The fourth-order valence-electron chi connectivity index (χ4n) is 2.75. The highest BCUT2D eigenvalue weighted by atomic mass is 19.1. The molecule has 4 unspecified atom stereocenters. The lowest BCUT2D eigenvalue weighted by Gasteiger charge is -2.21. The van der Waals surface area contributed by atoms with Crippen LogP contribution in [0.2, 0.25) is 0 Å². The van der Waals surface area contributed by atoms with Crippen molar-refractivity contribution in [2.24, 2.45) is 5.92 Å². The Labute approximate surface area is 87.7 Å². The molecule has 4 heteroatoms. The Kier molecular flexibility index (Phi) is 1.99. The molecule has 0 radical (unpaired) electrons. The number of aromatic nitrogens is 2. The molecule has 1 aromatic heterocycles. The average molecular weight is 208 g/mol. The van der Waals surface area contributed by atoms with Gasteiger partial charge in [0.25, 0.3) is 0 Å². The highest BCUT2D eigenvalue weighted by Crippen LogP contribution is 2.46. The van der Waals surface area contributed by atoms with Crippen molar-refractivity contribution in [1.29, 1.82) is 0 Å². The van der Waals surface area contributed by atoms with Crippen molar-refractivity contribution in [1.82, 2.24) is 9.97 Å². The van der Waals surface area contributed by atoms with Crippen LogP contribution >= 0.6 is 0 Å². The topological polar surface area (TPSA) is 35.0 Å². The van der Waals surface area contributed by atoms with E-state index in [1.54, 1.807) is 12.4 Å². The summed E-state index contributed by atoms with van der Waals surface area (Å²) in [5, 5.41) is 0. The molecular weight excluding hydrogens is 195 g/mol. The minimum atomic E-state index is -0.656. The number of hydrogen-bond donors (Lipinski definition) is 0. The van der Waals surface area contributed by atoms with E-state index in [4.69, 9.17) is 4.74 Å². The molecule has 3 nitrogen and oxygen atoms in total. The molecular formula is C11H13FN2O. The smallest absolute Gasteiger partial charge is 0.308 e. The zero-order valence-corrected chi connectivity index (χ0v) is 8.56. The van der Waals surface area contributed by atoms with E-state index in [1.165, 1.54) is 0 Å². The Hall–Kier alpha value is -1.03. The fraction of sp³-hybridized carbons (Fsp3) is 0.636. The van der Waals surface area contributed by atoms with Gasteiger partial charge in [0.1, 0.15) is 0 Å². The molecule has 2 aliphatic rings. The summed E-state index contributed by atoms with van der Waals surface area (Å²) in [5.41, 5.74) is 1.01. The molecule has 2 fully saturated rings. The molecule has 0 amide bonds. The Balaban J connectivity index is 1.83. The first-order chi connectivity index (χ1) is 7.24. The number of nitrogens with zero attached hydrogens (tertiary/aromatic N) is 2. The van der Waals surface area contributed by atoms with E-state index in [0.717, 1.165) is 18.4 Å². The zero-order chi connectivity index (χ0) is 10.4. The quantitative estimate of drug-likeness (QED) is 0.661. The second-order valence-electron chi connectivity index (χ2n) is 4.55. The van der Waals surface area contributed by atoms with Gasteiger partial charge in [0.05, 0.1) is 12.2 Å². The van der Waals surface area contributed by atoms with Gasteiger partial charge in [-0.15, -0.1) is 0 Å². The first-order valence-electron chi connectivity index (χ1n) is 5.37. The van der Waals surface area contributed by atoms with E-state index in [9.17, 15) is 4.39 Å². The lowest BCUT2D eigenvalue weighted by molar-refractivity contribution is 0.0918. The molecule has 4 atom stereocenters. The van der Waals surface area contributed by atoms with Gasteiger partial charge >= 0.3 is 6.08 Å². The predicted molar refractivity (Wildman–Crippen MR) is 51.8 cm³/mol. The van der Waals surface area contributed by atoms with Crippen LogP contribution in [0.1, 0.15) is 31.2 Å². The first-order valence-corrected chi connectivity index (χ1v) is 5.37. The molecule has 3 rings (SSSR count). The van der Waals surface area contributed by atoms with Gasteiger partial charge in [-0.25, -0.2) is 9.97 Å². The Bertz CT molecular complexity index is 365. The van der Waals surface area contributed by atoms with Crippen LogP contribution < -0.4 is 0 Å². The fourth-order valence-corrected chi connectivity index (χ4v) is 2.75. The first kappa shape index (κ1) is 9.21. The van der Waals surface area contributed by atoms with Crippen LogP contribution in [-0.4, -0.2) is 22.2 Å². The van der Waals surface area contributed by atoms with Gasteiger partial charge < -0.3 is 4.74 Å². The van der Waals surface area contributed by atoms with Crippen LogP contribution in [0.15, 0.2) is 12.4 Å². The number of halogens is 1. The van der Waals surface area contributed by atoms with Gasteiger partial charge in [-0.2, -0.15) is 4.39 Å². The summed E-state index contributed by atoms with van der Waals surface area (Å²) in [4.78, 5) is 7.19. The molecule has 0 spiro atoms. The lowest BCUT2D eigenvalue weighted by Crippen LogP contribution is -2.20. The Morgan fingerprint density at radius 1 is 1.27 bits per heavy atom. The second-order valence-corrected chi connectivity index (χ2v) is 4.55. The van der Waals surface area contributed by atoms with Gasteiger partial charge in [0, 0.05) is 18.3 Å². The summed E-state index contributed by atoms with van der Waals surface area (Å²) in [6.07, 6.45) is 5.32. The molecule has 0 aliphatic carbocycles. The van der Waals surface area contributed by atoms with Crippen LogP contribution in [0.5, 0.6) is 0 Å². The van der Waals surface area contributed by atoms with E-state index < -0.39 is 6.08 Å². The maximum Gasteiger partial charge on any atom is 0.308 e. The van der Waals surface area contributed by atoms with Crippen molar-refractivity contribution in [3.05, 3.63) is 24.0 Å². The highest BCUT2D eigenvalue weighted by Gasteiger charge is 2.45. The average Bonchev–Trinajstić information content (AvgIpc) is 2.77. The Morgan fingerprint density at radius 2 is 2.00 bits per heavy atom. The van der Waals surface area contributed by atoms with Crippen molar-refractivity contribution >= 4 is 0 Å². The zero-order valence-electron chi connectivity index (χ0n) is 8.56. The van der Waals surface area contributed by atoms with Gasteiger partial charge in [-0.1, -0.05) is 6.92 Å². The second kappa shape index (κ2) is 3.23. The minimum absolute atomic E-state index is 0.291. The van der Waals surface area contributed by atoms with Crippen LogP contribution in [0.25, 0.3) is 0 Å². The highest BCUT2D eigenvalue weighted by molar-refractivity contribution is 5.17. The third-order valence-corrected chi connectivity index (χ3v) is 3.59. The van der Waals surface area contributed by atoms with E-state index in [1.807, 2.05) is 0 Å². The monoisotopic (exact) mass is 208 g/mol. The largest absolute Gasteiger partial charge is 0.374 e. The van der Waals surface area contributed by atoms with Crippen molar-refractivity contribution in [2.75, 3.05) is 0 Å². The summed E-state index contributed by atoms with van der Waals surface area (Å²) in [6.45, 7) is 2.22. The van der Waals surface area contributed by atoms with Crippen molar-refractivity contribution < 1.29 is 9.13 Å². The third kappa shape index (κ3) is 1.44. The minimum Gasteiger partial charge on any atom is -0.374 e. The maximum absolute atomic E-state index is 12.6. The third-order valence-electron chi connectivity index (χ3n) is 3.59. The molecule has 2 bridgehead atoms. The molecule has 0 aromatic carbocycles. The van der Waals surface area contributed by atoms with Crippen LogP contribution in [-0.2, 0) is 4.74 Å². The van der Waals surface area contributed by atoms with Gasteiger partial charge in [0.15, 0.2) is 0 Å². The SMILES string of the molecule is CC1CC2OC1CC2c1cnc(F)nc1. The van der Waals surface area contributed by atoms with Gasteiger partial charge in [0.2, 0.25) is 0 Å². The van der Waals surface area contributed by atoms with Crippen LogP contribution in [0.3, 0.4) is 0 Å². The van der Waals surface area contributed by atoms with E-state index >= 15 is 0 Å².